The van der Waals surface area contributed by atoms with Gasteiger partial charge in [0, 0.05) is 13.1 Å². The largest absolute Gasteiger partial charge is 0.497 e. The lowest BCUT2D eigenvalue weighted by Gasteiger charge is -2.14. The van der Waals surface area contributed by atoms with Gasteiger partial charge in [-0.2, -0.15) is 13.4 Å². The molecule has 0 atom stereocenters. The van der Waals surface area contributed by atoms with Gasteiger partial charge in [0.1, 0.15) is 10.8 Å². The minimum atomic E-state index is -1.02. The maximum absolute atomic E-state index is 13.8. The molecular formula is C18H16ClF2N5O3S. The molecule has 0 radical (unpaired) electrons. The topological polar surface area (TPSA) is 105 Å². The van der Waals surface area contributed by atoms with Crippen LogP contribution in [0, 0.1) is 11.6 Å². The van der Waals surface area contributed by atoms with Crippen molar-refractivity contribution < 1.29 is 21.9 Å². The quantitative estimate of drug-likeness (QED) is 0.506. The number of aromatic nitrogens is 2. The Hall–Kier alpha value is -3.31. The van der Waals surface area contributed by atoms with Gasteiger partial charge in [-0.1, -0.05) is 17.7 Å². The first-order chi connectivity index (χ1) is 14.4. The van der Waals surface area contributed by atoms with Gasteiger partial charge < -0.3 is 20.7 Å². The first kappa shape index (κ1) is 23.0. The number of benzene rings is 2. The number of nitrogens with one attached hydrogen (secondary N) is 3. The number of rotatable bonds is 6. The third kappa shape index (κ3) is 5.84. The summed E-state index contributed by atoms with van der Waals surface area (Å²) in [5.41, 5.74) is 1.38. The Morgan fingerprint density at radius 2 is 1.80 bits per heavy atom. The van der Waals surface area contributed by atoms with Gasteiger partial charge in [0.05, 0.1) is 30.4 Å². The van der Waals surface area contributed by atoms with E-state index in [1.54, 1.807) is 32.4 Å². The first-order valence-corrected chi connectivity index (χ1v) is 9.26. The van der Waals surface area contributed by atoms with Crippen LogP contribution >= 0.6 is 11.6 Å². The number of anilines is 5. The standard InChI is InChI=1S/C18H16ClF2N5O.O2S/c1-22-15-8-10(27-2)6-7-13(15)24-17-11(19)9-23-18(26-17)25-14-5-3-4-12(20)16(14)21;1-3-2/h3-9,22H,1-2H3,(H2,23,24,25,26);. The van der Waals surface area contributed by atoms with Gasteiger partial charge in [-0.25, -0.2) is 13.8 Å². The van der Waals surface area contributed by atoms with E-state index in [9.17, 15) is 8.78 Å². The molecule has 0 spiro atoms. The molecular weight excluding hydrogens is 440 g/mol. The highest BCUT2D eigenvalue weighted by Gasteiger charge is 2.12. The lowest BCUT2D eigenvalue weighted by Crippen LogP contribution is -2.04. The number of hydrogen-bond acceptors (Lipinski definition) is 8. The molecule has 0 saturated heterocycles. The second-order valence-electron chi connectivity index (χ2n) is 5.47. The molecule has 8 nitrogen and oxygen atoms in total. The second kappa shape index (κ2) is 11.0. The molecule has 3 rings (SSSR count). The number of nitrogens with zero attached hydrogens (tertiary/aromatic N) is 2. The third-order valence-corrected chi connectivity index (χ3v) is 3.97. The monoisotopic (exact) mass is 455 g/mol. The van der Waals surface area contributed by atoms with Crippen LogP contribution in [0.4, 0.5) is 37.6 Å². The minimum Gasteiger partial charge on any atom is -0.497 e. The Morgan fingerprint density at radius 1 is 1.07 bits per heavy atom. The van der Waals surface area contributed by atoms with E-state index in [4.69, 9.17) is 24.8 Å². The van der Waals surface area contributed by atoms with Crippen LogP contribution in [0.3, 0.4) is 0 Å². The molecule has 3 N–H and O–H groups in total. The van der Waals surface area contributed by atoms with Crippen LogP contribution in [0.25, 0.3) is 0 Å². The average molecular weight is 456 g/mol. The van der Waals surface area contributed by atoms with E-state index >= 15 is 0 Å². The Bertz CT molecular complexity index is 1070. The summed E-state index contributed by atoms with van der Waals surface area (Å²) in [6.07, 6.45) is 1.36. The second-order valence-corrected chi connectivity index (χ2v) is 6.01. The van der Waals surface area contributed by atoms with Crippen molar-refractivity contribution >= 4 is 52.0 Å². The summed E-state index contributed by atoms with van der Waals surface area (Å²) in [4.78, 5) is 8.24. The summed E-state index contributed by atoms with van der Waals surface area (Å²) in [6.45, 7) is 0. The molecule has 0 unspecified atom stereocenters. The van der Waals surface area contributed by atoms with Gasteiger partial charge in [0.2, 0.25) is 5.95 Å². The van der Waals surface area contributed by atoms with Crippen molar-refractivity contribution in [1.29, 1.82) is 0 Å². The summed E-state index contributed by atoms with van der Waals surface area (Å²) >= 11 is 5.42. The van der Waals surface area contributed by atoms with Crippen LogP contribution in [0.15, 0.2) is 42.6 Å². The Morgan fingerprint density at radius 3 is 2.47 bits per heavy atom. The van der Waals surface area contributed by atoms with Crippen molar-refractivity contribution in [2.24, 2.45) is 0 Å². The highest BCUT2D eigenvalue weighted by atomic mass is 35.5. The highest BCUT2D eigenvalue weighted by molar-refractivity contribution is 7.51. The van der Waals surface area contributed by atoms with Gasteiger partial charge in [0.15, 0.2) is 17.5 Å². The van der Waals surface area contributed by atoms with Crippen molar-refractivity contribution in [3.05, 3.63) is 59.3 Å². The van der Waals surface area contributed by atoms with Crippen LogP contribution in [0.5, 0.6) is 5.75 Å². The van der Waals surface area contributed by atoms with E-state index in [1.165, 1.54) is 18.3 Å². The third-order valence-electron chi connectivity index (χ3n) is 3.69. The maximum Gasteiger partial charge on any atom is 0.335 e. The zero-order valence-corrected chi connectivity index (χ0v) is 17.3. The zero-order chi connectivity index (χ0) is 22.1. The maximum atomic E-state index is 13.8. The molecule has 0 amide bonds. The molecule has 0 aliphatic rings. The first-order valence-electron chi connectivity index (χ1n) is 8.21. The molecule has 0 fully saturated rings. The van der Waals surface area contributed by atoms with Gasteiger partial charge >= 0.3 is 11.6 Å². The van der Waals surface area contributed by atoms with E-state index in [0.29, 0.717) is 17.3 Å². The molecule has 0 saturated carbocycles. The smallest absolute Gasteiger partial charge is 0.335 e. The van der Waals surface area contributed by atoms with E-state index in [-0.39, 0.29) is 16.7 Å². The molecule has 1 aromatic heterocycles. The van der Waals surface area contributed by atoms with Crippen LogP contribution in [0.1, 0.15) is 0 Å². The summed E-state index contributed by atoms with van der Waals surface area (Å²) in [5.74, 6) is -0.941. The molecule has 0 bridgehead atoms. The fourth-order valence-electron chi connectivity index (χ4n) is 2.33. The molecule has 0 aliphatic carbocycles. The number of hydrogen-bond donors (Lipinski definition) is 3. The van der Waals surface area contributed by atoms with Gasteiger partial charge in [0.25, 0.3) is 0 Å². The highest BCUT2D eigenvalue weighted by Crippen LogP contribution is 2.32. The van der Waals surface area contributed by atoms with Crippen molar-refractivity contribution in [3.8, 4) is 5.75 Å². The van der Waals surface area contributed by atoms with E-state index < -0.39 is 23.2 Å². The lowest BCUT2D eigenvalue weighted by molar-refractivity contribution is 0.415. The Kier molecular flexibility index (Phi) is 8.44. The van der Waals surface area contributed by atoms with Crippen LogP contribution in [0.2, 0.25) is 5.02 Å². The van der Waals surface area contributed by atoms with E-state index in [2.05, 4.69) is 25.9 Å². The lowest BCUT2D eigenvalue weighted by atomic mass is 10.2. The molecule has 3 aromatic rings. The molecule has 158 valence electrons. The molecule has 0 aliphatic heterocycles. The minimum absolute atomic E-state index is 0.0610. The fourth-order valence-corrected chi connectivity index (χ4v) is 2.47. The predicted molar refractivity (Wildman–Crippen MR) is 111 cm³/mol. The number of halogens is 3. The van der Waals surface area contributed by atoms with Crippen molar-refractivity contribution in [1.82, 2.24) is 9.97 Å². The van der Waals surface area contributed by atoms with Crippen molar-refractivity contribution in [2.45, 2.75) is 0 Å². The molecule has 1 heterocycles. The molecule has 12 heteroatoms. The van der Waals surface area contributed by atoms with Gasteiger partial charge in [-0.05, 0) is 24.3 Å². The predicted octanol–water partition coefficient (Wildman–Crippen LogP) is 4.28. The summed E-state index contributed by atoms with van der Waals surface area (Å²) in [6, 6.07) is 9.17. The Labute approximate surface area is 179 Å². The van der Waals surface area contributed by atoms with Crippen molar-refractivity contribution in [3.63, 3.8) is 0 Å². The van der Waals surface area contributed by atoms with Gasteiger partial charge in [-0.15, -0.1) is 0 Å². The van der Waals surface area contributed by atoms with Crippen LogP contribution in [-0.4, -0.2) is 32.5 Å². The van der Waals surface area contributed by atoms with Crippen molar-refractivity contribution in [2.75, 3.05) is 30.1 Å². The SMILES string of the molecule is CNc1cc(OC)ccc1Nc1nc(Nc2cccc(F)c2F)ncc1Cl.O=S=O. The number of ether oxygens (including phenoxy) is 1. The number of methoxy groups -OCH3 is 1. The van der Waals surface area contributed by atoms with Crippen LogP contribution < -0.4 is 20.7 Å². The van der Waals surface area contributed by atoms with Gasteiger partial charge in [-0.3, -0.25) is 0 Å². The zero-order valence-electron chi connectivity index (χ0n) is 15.7. The van der Waals surface area contributed by atoms with E-state index in [1.807, 2.05) is 0 Å². The summed E-state index contributed by atoms with van der Waals surface area (Å²) < 4.78 is 49.0. The Balaban J connectivity index is 0.00000101. The van der Waals surface area contributed by atoms with Crippen LogP contribution in [-0.2, 0) is 11.6 Å². The summed E-state index contributed by atoms with van der Waals surface area (Å²) in [5, 5.41) is 9.03. The van der Waals surface area contributed by atoms with E-state index in [0.717, 1.165) is 11.8 Å². The molecule has 2 aromatic carbocycles. The normalized spacial score (nSPS) is 9.77. The summed E-state index contributed by atoms with van der Waals surface area (Å²) in [7, 11) is 3.34. The molecule has 30 heavy (non-hydrogen) atoms. The average Bonchev–Trinajstić information content (AvgIpc) is 2.74. The fraction of sp³-hybridized carbons (Fsp3) is 0.111.